The Morgan fingerprint density at radius 2 is 1.70 bits per heavy atom. The molecule has 5 heteroatoms. The first-order valence-corrected chi connectivity index (χ1v) is 10.4. The number of piperidine rings is 2. The van der Waals surface area contributed by atoms with Crippen LogP contribution in [0.25, 0.3) is 0 Å². The van der Waals surface area contributed by atoms with Crippen LogP contribution in [0.4, 0.5) is 0 Å². The molecule has 1 amide bonds. The summed E-state index contributed by atoms with van der Waals surface area (Å²) in [5.74, 6) is 0.665. The number of hydrogen-bond acceptors (Lipinski definition) is 4. The Bertz CT molecular complexity index is 615. The van der Waals surface area contributed by atoms with Gasteiger partial charge in [-0.25, -0.2) is 0 Å². The zero-order valence-corrected chi connectivity index (χ0v) is 16.8. The maximum absolute atomic E-state index is 12.8. The van der Waals surface area contributed by atoms with E-state index in [2.05, 4.69) is 16.8 Å². The lowest BCUT2D eigenvalue weighted by molar-refractivity contribution is 0.0611. The molecule has 0 unspecified atom stereocenters. The fourth-order valence-corrected chi connectivity index (χ4v) is 4.41. The van der Waals surface area contributed by atoms with E-state index in [4.69, 9.17) is 0 Å². The van der Waals surface area contributed by atoms with Crippen LogP contribution in [-0.2, 0) is 0 Å². The molecule has 0 aliphatic carbocycles. The van der Waals surface area contributed by atoms with E-state index in [-0.39, 0.29) is 5.91 Å². The number of carbonyl (C=O) groups excluding carboxylic acids is 2. The Kier molecular flexibility index (Phi) is 7.02. The summed E-state index contributed by atoms with van der Waals surface area (Å²) in [6, 6.07) is 7.71. The van der Waals surface area contributed by atoms with Gasteiger partial charge in [-0.3, -0.25) is 9.59 Å². The highest BCUT2D eigenvalue weighted by molar-refractivity contribution is 5.94. The van der Waals surface area contributed by atoms with Gasteiger partial charge in [0.25, 0.3) is 5.91 Å². The van der Waals surface area contributed by atoms with E-state index >= 15 is 0 Å². The average molecular weight is 372 g/mol. The van der Waals surface area contributed by atoms with Crippen molar-refractivity contribution < 1.29 is 9.59 Å². The van der Waals surface area contributed by atoms with E-state index in [9.17, 15) is 9.59 Å². The Hall–Kier alpha value is -1.72. The van der Waals surface area contributed by atoms with E-state index in [1.807, 2.05) is 11.8 Å². The molecule has 0 aromatic heterocycles. The normalized spacial score (nSPS) is 20.5. The minimum Gasteiger partial charge on any atom is -0.339 e. The largest absolute Gasteiger partial charge is 0.339 e. The summed E-state index contributed by atoms with van der Waals surface area (Å²) in [6.07, 6.45) is 5.75. The minimum atomic E-state index is 0.0766. The lowest BCUT2D eigenvalue weighted by Gasteiger charge is -2.41. The molecule has 0 saturated carbocycles. The molecule has 3 rings (SSSR count). The minimum absolute atomic E-state index is 0.0766. The molecule has 2 aliphatic rings. The second-order valence-electron chi connectivity index (χ2n) is 8.10. The molecule has 0 radical (unpaired) electrons. The van der Waals surface area contributed by atoms with E-state index in [1.54, 1.807) is 24.3 Å². The standard InChI is InChI=1S/C22H33N3O2/c1-3-24(22(27)20-6-4-19(17-26)5-7-20)16-18-8-14-25(15-9-18)21-10-12-23(2)13-11-21/h4-7,17-18,21H,3,8-16H2,1-2H3. The third-order valence-electron chi connectivity index (χ3n) is 6.29. The van der Waals surface area contributed by atoms with Crippen molar-refractivity contribution in [1.82, 2.24) is 14.7 Å². The van der Waals surface area contributed by atoms with Gasteiger partial charge in [-0.05, 0) is 83.9 Å². The van der Waals surface area contributed by atoms with Gasteiger partial charge in [-0.1, -0.05) is 12.1 Å². The Morgan fingerprint density at radius 3 is 2.26 bits per heavy atom. The van der Waals surface area contributed by atoms with Gasteiger partial charge in [0.2, 0.25) is 0 Å². The van der Waals surface area contributed by atoms with E-state index in [1.165, 1.54) is 51.9 Å². The van der Waals surface area contributed by atoms with Gasteiger partial charge in [0.05, 0.1) is 0 Å². The van der Waals surface area contributed by atoms with Crippen LogP contribution in [0, 0.1) is 5.92 Å². The summed E-state index contributed by atoms with van der Waals surface area (Å²) in [4.78, 5) is 30.7. The molecule has 0 bridgehead atoms. The van der Waals surface area contributed by atoms with Crippen LogP contribution in [0.2, 0.25) is 0 Å². The molecular formula is C22H33N3O2. The van der Waals surface area contributed by atoms with Crippen LogP contribution in [0.15, 0.2) is 24.3 Å². The highest BCUT2D eigenvalue weighted by Crippen LogP contribution is 2.24. The monoisotopic (exact) mass is 371 g/mol. The van der Waals surface area contributed by atoms with E-state index in [0.717, 1.165) is 25.4 Å². The van der Waals surface area contributed by atoms with Crippen molar-refractivity contribution in [1.29, 1.82) is 0 Å². The third kappa shape index (κ3) is 5.17. The summed E-state index contributed by atoms with van der Waals surface area (Å²) < 4.78 is 0. The summed E-state index contributed by atoms with van der Waals surface area (Å²) >= 11 is 0. The Labute approximate surface area is 163 Å². The molecule has 1 aromatic carbocycles. The number of hydrogen-bond donors (Lipinski definition) is 0. The zero-order chi connectivity index (χ0) is 19.2. The van der Waals surface area contributed by atoms with Crippen molar-refractivity contribution >= 4 is 12.2 Å². The Morgan fingerprint density at radius 1 is 1.07 bits per heavy atom. The lowest BCUT2D eigenvalue weighted by Crippen LogP contribution is -2.48. The second-order valence-corrected chi connectivity index (χ2v) is 8.10. The highest BCUT2D eigenvalue weighted by atomic mass is 16.2. The SMILES string of the molecule is CCN(CC1CCN(C2CCN(C)CC2)CC1)C(=O)c1ccc(C=O)cc1. The number of amides is 1. The zero-order valence-electron chi connectivity index (χ0n) is 16.8. The fraction of sp³-hybridized carbons (Fsp3) is 0.636. The fourth-order valence-electron chi connectivity index (χ4n) is 4.41. The summed E-state index contributed by atoms with van der Waals surface area (Å²) in [5.41, 5.74) is 1.28. The molecule has 148 valence electrons. The average Bonchev–Trinajstić information content (AvgIpc) is 2.72. The maximum Gasteiger partial charge on any atom is 0.253 e. The third-order valence-corrected chi connectivity index (χ3v) is 6.29. The predicted molar refractivity (Wildman–Crippen MR) is 108 cm³/mol. The molecule has 1 aromatic rings. The quantitative estimate of drug-likeness (QED) is 0.721. The van der Waals surface area contributed by atoms with Gasteiger partial charge in [0.1, 0.15) is 6.29 Å². The first-order chi connectivity index (χ1) is 13.1. The number of aldehydes is 1. The van der Waals surface area contributed by atoms with Crippen LogP contribution in [0.5, 0.6) is 0 Å². The molecule has 0 N–H and O–H groups in total. The summed E-state index contributed by atoms with van der Waals surface area (Å²) in [6.45, 7) is 8.37. The van der Waals surface area contributed by atoms with Crippen molar-refractivity contribution in [3.05, 3.63) is 35.4 Å². The highest BCUT2D eigenvalue weighted by Gasteiger charge is 2.28. The van der Waals surface area contributed by atoms with Gasteiger partial charge in [0.15, 0.2) is 0 Å². The molecule has 5 nitrogen and oxygen atoms in total. The molecule has 2 fully saturated rings. The second kappa shape index (κ2) is 9.47. The van der Waals surface area contributed by atoms with Crippen molar-refractivity contribution in [3.63, 3.8) is 0 Å². The van der Waals surface area contributed by atoms with Gasteiger partial charge in [-0.2, -0.15) is 0 Å². The van der Waals surface area contributed by atoms with Crippen LogP contribution in [-0.4, -0.2) is 79.3 Å². The number of rotatable bonds is 6. The maximum atomic E-state index is 12.8. The number of nitrogens with zero attached hydrogens (tertiary/aromatic N) is 3. The molecule has 0 atom stereocenters. The molecule has 2 heterocycles. The smallest absolute Gasteiger partial charge is 0.253 e. The van der Waals surface area contributed by atoms with Crippen LogP contribution >= 0.6 is 0 Å². The van der Waals surface area contributed by atoms with Crippen molar-refractivity contribution in [3.8, 4) is 0 Å². The van der Waals surface area contributed by atoms with Crippen molar-refractivity contribution in [2.45, 2.75) is 38.6 Å². The molecule has 27 heavy (non-hydrogen) atoms. The van der Waals surface area contributed by atoms with Crippen LogP contribution in [0.3, 0.4) is 0 Å². The van der Waals surface area contributed by atoms with Crippen molar-refractivity contribution in [2.75, 3.05) is 46.3 Å². The van der Waals surface area contributed by atoms with Gasteiger partial charge >= 0.3 is 0 Å². The first kappa shape index (κ1) is 20.0. The Balaban J connectivity index is 1.50. The number of benzene rings is 1. The van der Waals surface area contributed by atoms with E-state index in [0.29, 0.717) is 17.0 Å². The van der Waals surface area contributed by atoms with Gasteiger partial charge in [-0.15, -0.1) is 0 Å². The topological polar surface area (TPSA) is 43.9 Å². The number of likely N-dealkylation sites (tertiary alicyclic amines) is 2. The number of carbonyl (C=O) groups is 2. The molecular weight excluding hydrogens is 338 g/mol. The molecule has 0 spiro atoms. The van der Waals surface area contributed by atoms with Gasteiger partial charge < -0.3 is 14.7 Å². The van der Waals surface area contributed by atoms with Gasteiger partial charge in [0, 0.05) is 30.3 Å². The summed E-state index contributed by atoms with van der Waals surface area (Å²) in [7, 11) is 2.21. The molecule has 2 saturated heterocycles. The van der Waals surface area contributed by atoms with Crippen LogP contribution < -0.4 is 0 Å². The van der Waals surface area contributed by atoms with Crippen LogP contribution in [0.1, 0.15) is 53.3 Å². The first-order valence-electron chi connectivity index (χ1n) is 10.4. The van der Waals surface area contributed by atoms with E-state index < -0.39 is 0 Å². The molecule has 2 aliphatic heterocycles. The summed E-state index contributed by atoms with van der Waals surface area (Å²) in [5, 5.41) is 0. The lowest BCUT2D eigenvalue weighted by atomic mass is 9.93. The van der Waals surface area contributed by atoms with Crippen molar-refractivity contribution in [2.24, 2.45) is 5.92 Å². The predicted octanol–water partition coefficient (Wildman–Crippen LogP) is 2.77.